The number of carbonyl (C=O) groups is 1. The lowest BCUT2D eigenvalue weighted by atomic mass is 9.86. The molecule has 0 aromatic carbocycles. The highest BCUT2D eigenvalue weighted by atomic mass is 32.1. The number of nitrogens with one attached hydrogen (secondary N) is 1. The summed E-state index contributed by atoms with van der Waals surface area (Å²) in [6.07, 6.45) is 1.74. The molecule has 0 aliphatic carbocycles. The predicted molar refractivity (Wildman–Crippen MR) is 61.3 cm³/mol. The number of aromatic nitrogens is 2. The SMILES string of the molecule is CCC(C)(C(=O)NCc1ncon1)C(N)=S. The maximum atomic E-state index is 11.9. The summed E-state index contributed by atoms with van der Waals surface area (Å²) in [6, 6.07) is 0. The van der Waals surface area contributed by atoms with Gasteiger partial charge in [0.05, 0.1) is 16.9 Å². The maximum Gasteiger partial charge on any atom is 0.233 e. The van der Waals surface area contributed by atoms with Crippen molar-refractivity contribution in [3.8, 4) is 0 Å². The number of carbonyl (C=O) groups excluding carboxylic acids is 1. The molecule has 1 unspecified atom stereocenters. The molecule has 1 amide bonds. The predicted octanol–water partition coefficient (Wildman–Crippen LogP) is 0.388. The summed E-state index contributed by atoms with van der Waals surface area (Å²) in [5.41, 5.74) is 4.72. The van der Waals surface area contributed by atoms with Crippen molar-refractivity contribution >= 4 is 23.1 Å². The van der Waals surface area contributed by atoms with Crippen molar-refractivity contribution in [3.05, 3.63) is 12.2 Å². The van der Waals surface area contributed by atoms with Crippen molar-refractivity contribution in [1.29, 1.82) is 0 Å². The molecular formula is C9H14N4O2S. The van der Waals surface area contributed by atoms with Gasteiger partial charge in [0.1, 0.15) is 0 Å². The number of hydrogen-bond donors (Lipinski definition) is 2. The molecule has 0 saturated carbocycles. The summed E-state index contributed by atoms with van der Waals surface area (Å²) < 4.78 is 4.54. The lowest BCUT2D eigenvalue weighted by Crippen LogP contribution is -2.46. The molecule has 88 valence electrons. The molecule has 1 rings (SSSR count). The van der Waals surface area contributed by atoms with Crippen molar-refractivity contribution < 1.29 is 9.32 Å². The zero-order chi connectivity index (χ0) is 12.2. The fraction of sp³-hybridized carbons (Fsp3) is 0.556. The summed E-state index contributed by atoms with van der Waals surface area (Å²) in [4.78, 5) is 15.8. The first kappa shape index (κ1) is 12.6. The normalized spacial score (nSPS) is 14.1. The topological polar surface area (TPSA) is 94.0 Å². The second-order valence-corrected chi connectivity index (χ2v) is 4.02. The molecule has 0 aliphatic heterocycles. The molecule has 7 heteroatoms. The van der Waals surface area contributed by atoms with E-state index in [9.17, 15) is 4.79 Å². The lowest BCUT2D eigenvalue weighted by Gasteiger charge is -2.25. The monoisotopic (exact) mass is 242 g/mol. The second kappa shape index (κ2) is 5.02. The molecule has 6 nitrogen and oxygen atoms in total. The van der Waals surface area contributed by atoms with Crippen molar-refractivity contribution in [3.63, 3.8) is 0 Å². The van der Waals surface area contributed by atoms with E-state index in [1.807, 2.05) is 6.92 Å². The zero-order valence-electron chi connectivity index (χ0n) is 9.19. The molecule has 1 aromatic heterocycles. The third-order valence-electron chi connectivity index (χ3n) is 2.57. The Morgan fingerprint density at radius 1 is 1.75 bits per heavy atom. The molecule has 1 heterocycles. The molecule has 0 aliphatic rings. The molecule has 3 N–H and O–H groups in total. The van der Waals surface area contributed by atoms with E-state index in [-0.39, 0.29) is 17.4 Å². The number of amides is 1. The maximum absolute atomic E-state index is 11.9. The van der Waals surface area contributed by atoms with Crippen LogP contribution < -0.4 is 11.1 Å². The van der Waals surface area contributed by atoms with Gasteiger partial charge in [0.25, 0.3) is 0 Å². The van der Waals surface area contributed by atoms with Crippen LogP contribution in [0.25, 0.3) is 0 Å². The number of hydrogen-bond acceptors (Lipinski definition) is 5. The fourth-order valence-electron chi connectivity index (χ4n) is 1.07. The summed E-state index contributed by atoms with van der Waals surface area (Å²) in [7, 11) is 0. The number of thiocarbonyl (C=S) groups is 1. The van der Waals surface area contributed by atoms with Crippen LogP contribution in [0.1, 0.15) is 26.1 Å². The first-order chi connectivity index (χ1) is 7.50. The first-order valence-corrected chi connectivity index (χ1v) is 5.25. The average molecular weight is 242 g/mol. The highest BCUT2D eigenvalue weighted by Crippen LogP contribution is 2.21. The van der Waals surface area contributed by atoms with Gasteiger partial charge in [0, 0.05) is 0 Å². The minimum absolute atomic E-state index is 0.181. The van der Waals surface area contributed by atoms with E-state index in [0.29, 0.717) is 12.2 Å². The summed E-state index contributed by atoms with van der Waals surface area (Å²) in [5, 5.41) is 6.24. The van der Waals surface area contributed by atoms with Crippen molar-refractivity contribution in [2.45, 2.75) is 26.8 Å². The Morgan fingerprint density at radius 3 is 2.88 bits per heavy atom. The van der Waals surface area contributed by atoms with Gasteiger partial charge in [-0.15, -0.1) is 0 Å². The van der Waals surface area contributed by atoms with Gasteiger partial charge in [-0.2, -0.15) is 4.98 Å². The van der Waals surface area contributed by atoms with Crippen LogP contribution in [0, 0.1) is 5.41 Å². The van der Waals surface area contributed by atoms with Gasteiger partial charge in [-0.05, 0) is 13.3 Å². The lowest BCUT2D eigenvalue weighted by molar-refractivity contribution is -0.127. The number of nitrogens with two attached hydrogens (primary N) is 1. The van der Waals surface area contributed by atoms with Crippen LogP contribution in [0.3, 0.4) is 0 Å². The van der Waals surface area contributed by atoms with Gasteiger partial charge in [-0.25, -0.2) is 0 Å². The molecule has 0 spiro atoms. The minimum atomic E-state index is -0.834. The Balaban J connectivity index is 2.60. The van der Waals surface area contributed by atoms with Crippen LogP contribution in [0.2, 0.25) is 0 Å². The Hall–Kier alpha value is -1.50. The van der Waals surface area contributed by atoms with Crippen molar-refractivity contribution in [2.75, 3.05) is 0 Å². The average Bonchev–Trinajstić information content (AvgIpc) is 2.77. The van der Waals surface area contributed by atoms with Crippen LogP contribution in [0.4, 0.5) is 0 Å². The van der Waals surface area contributed by atoms with Crippen molar-refractivity contribution in [1.82, 2.24) is 15.5 Å². The molecule has 16 heavy (non-hydrogen) atoms. The second-order valence-electron chi connectivity index (χ2n) is 3.58. The fourth-order valence-corrected chi connectivity index (χ4v) is 1.31. The zero-order valence-corrected chi connectivity index (χ0v) is 10.0. The van der Waals surface area contributed by atoms with Crippen LogP contribution in [0.15, 0.2) is 10.9 Å². The minimum Gasteiger partial charge on any atom is -0.392 e. The van der Waals surface area contributed by atoms with Crippen LogP contribution in [-0.2, 0) is 11.3 Å². The van der Waals surface area contributed by atoms with E-state index in [4.69, 9.17) is 18.0 Å². The first-order valence-electron chi connectivity index (χ1n) is 4.84. The van der Waals surface area contributed by atoms with Gasteiger partial charge in [-0.1, -0.05) is 24.3 Å². The molecule has 0 radical (unpaired) electrons. The largest absolute Gasteiger partial charge is 0.392 e. The molecule has 0 saturated heterocycles. The van der Waals surface area contributed by atoms with E-state index in [0.717, 1.165) is 0 Å². The van der Waals surface area contributed by atoms with Crippen molar-refractivity contribution in [2.24, 2.45) is 11.1 Å². The summed E-state index contributed by atoms with van der Waals surface area (Å²) in [6.45, 7) is 3.77. The van der Waals surface area contributed by atoms with Crippen LogP contribution >= 0.6 is 12.2 Å². The third-order valence-corrected chi connectivity index (χ3v) is 3.02. The number of nitrogens with zero attached hydrogens (tertiary/aromatic N) is 2. The Labute approximate surface area is 98.6 Å². The van der Waals surface area contributed by atoms with Gasteiger partial charge in [0.15, 0.2) is 5.82 Å². The quantitative estimate of drug-likeness (QED) is 0.725. The van der Waals surface area contributed by atoms with E-state index < -0.39 is 5.41 Å². The summed E-state index contributed by atoms with van der Waals surface area (Å²) >= 11 is 4.89. The Bertz CT molecular complexity index is 379. The van der Waals surface area contributed by atoms with Crippen LogP contribution in [0.5, 0.6) is 0 Å². The van der Waals surface area contributed by atoms with Crippen LogP contribution in [-0.4, -0.2) is 21.0 Å². The van der Waals surface area contributed by atoms with Gasteiger partial charge >= 0.3 is 0 Å². The highest BCUT2D eigenvalue weighted by molar-refractivity contribution is 7.80. The van der Waals surface area contributed by atoms with E-state index in [1.165, 1.54) is 6.39 Å². The van der Waals surface area contributed by atoms with E-state index in [2.05, 4.69) is 20.0 Å². The summed E-state index contributed by atoms with van der Waals surface area (Å²) in [5.74, 6) is 0.182. The standard InChI is InChI=1S/C9H14N4O2S/c1-3-9(2,7(10)16)8(14)11-4-6-12-5-15-13-6/h5H,3-4H2,1-2H3,(H2,10,16)(H,11,14). The van der Waals surface area contributed by atoms with E-state index >= 15 is 0 Å². The molecule has 1 atom stereocenters. The third kappa shape index (κ3) is 2.54. The Morgan fingerprint density at radius 2 is 2.44 bits per heavy atom. The smallest absolute Gasteiger partial charge is 0.233 e. The molecule has 0 fully saturated rings. The van der Waals surface area contributed by atoms with Gasteiger partial charge in [0.2, 0.25) is 12.3 Å². The number of rotatable bonds is 5. The van der Waals surface area contributed by atoms with E-state index in [1.54, 1.807) is 6.92 Å². The highest BCUT2D eigenvalue weighted by Gasteiger charge is 2.34. The molecule has 1 aromatic rings. The Kier molecular flexibility index (Phi) is 3.94. The van der Waals surface area contributed by atoms with Gasteiger partial charge < -0.3 is 15.6 Å². The van der Waals surface area contributed by atoms with Gasteiger partial charge in [-0.3, -0.25) is 4.79 Å². The molecule has 0 bridgehead atoms. The molecular weight excluding hydrogens is 228 g/mol.